The van der Waals surface area contributed by atoms with Gasteiger partial charge in [0.25, 0.3) is 0 Å². The second-order valence-corrected chi connectivity index (χ2v) is 4.77. The molecule has 1 aromatic rings. The third-order valence-corrected chi connectivity index (χ3v) is 3.47. The maximum Gasteiger partial charge on any atom is 0.125 e. The Balaban J connectivity index is 2.06. The highest BCUT2D eigenvalue weighted by Crippen LogP contribution is 2.24. The molecule has 94 valence electrons. The third-order valence-electron chi connectivity index (χ3n) is 3.47. The van der Waals surface area contributed by atoms with Crippen molar-refractivity contribution < 1.29 is 10.2 Å². The Bertz CT molecular complexity index is 357. The largest absolute Gasteiger partial charge is 0.507 e. The van der Waals surface area contributed by atoms with E-state index in [1.165, 1.54) is 25.7 Å². The van der Waals surface area contributed by atoms with Gasteiger partial charge in [0.2, 0.25) is 0 Å². The lowest BCUT2D eigenvalue weighted by molar-refractivity contribution is 0.264. The zero-order chi connectivity index (χ0) is 12.1. The van der Waals surface area contributed by atoms with Crippen molar-refractivity contribution in [1.82, 2.24) is 4.90 Å². The summed E-state index contributed by atoms with van der Waals surface area (Å²) in [4.78, 5) is 2.39. The van der Waals surface area contributed by atoms with Gasteiger partial charge in [0.05, 0.1) is 6.61 Å². The Morgan fingerprint density at radius 1 is 1.00 bits per heavy atom. The molecule has 1 aromatic carbocycles. The molecule has 3 heteroatoms. The Morgan fingerprint density at radius 3 is 2.29 bits per heavy atom. The van der Waals surface area contributed by atoms with Crippen molar-refractivity contribution in [1.29, 1.82) is 0 Å². The van der Waals surface area contributed by atoms with Crippen LogP contribution in [0.1, 0.15) is 36.8 Å². The third kappa shape index (κ3) is 3.20. The molecular weight excluding hydrogens is 214 g/mol. The molecule has 1 heterocycles. The number of rotatable bonds is 3. The topological polar surface area (TPSA) is 43.7 Å². The summed E-state index contributed by atoms with van der Waals surface area (Å²) in [5.41, 5.74) is 1.55. The van der Waals surface area contributed by atoms with Crippen LogP contribution in [0.2, 0.25) is 0 Å². The highest BCUT2D eigenvalue weighted by atomic mass is 16.3. The molecule has 0 aliphatic carbocycles. The highest BCUT2D eigenvalue weighted by Gasteiger charge is 2.12. The highest BCUT2D eigenvalue weighted by molar-refractivity contribution is 5.39. The minimum atomic E-state index is -0.0975. The van der Waals surface area contributed by atoms with Gasteiger partial charge in [-0.25, -0.2) is 0 Å². The first-order valence-corrected chi connectivity index (χ1v) is 6.44. The second kappa shape index (κ2) is 6.03. The van der Waals surface area contributed by atoms with Crippen molar-refractivity contribution in [2.75, 3.05) is 13.1 Å². The zero-order valence-electron chi connectivity index (χ0n) is 10.2. The molecule has 0 radical (unpaired) electrons. The van der Waals surface area contributed by atoms with Crippen LogP contribution in [0.25, 0.3) is 0 Å². The Labute approximate surface area is 103 Å². The van der Waals surface area contributed by atoms with Crippen LogP contribution in [-0.4, -0.2) is 28.2 Å². The van der Waals surface area contributed by atoms with E-state index in [2.05, 4.69) is 4.90 Å². The molecule has 3 nitrogen and oxygen atoms in total. The summed E-state index contributed by atoms with van der Waals surface area (Å²) in [6.07, 6.45) is 5.14. The average molecular weight is 235 g/mol. The molecule has 0 unspecified atom stereocenters. The standard InChI is InChI=1S/C14H21NO2/c16-11-13-7-5-6-12(14(13)17)10-15-8-3-1-2-4-9-15/h5-7,16-17H,1-4,8-11H2. The van der Waals surface area contributed by atoms with E-state index in [0.717, 1.165) is 25.2 Å². The molecule has 0 spiro atoms. The number of hydrogen-bond donors (Lipinski definition) is 2. The van der Waals surface area contributed by atoms with Crippen LogP contribution < -0.4 is 0 Å². The van der Waals surface area contributed by atoms with Crippen LogP contribution in [0.4, 0.5) is 0 Å². The molecule has 0 bridgehead atoms. The minimum absolute atomic E-state index is 0.0975. The first-order valence-electron chi connectivity index (χ1n) is 6.44. The lowest BCUT2D eigenvalue weighted by Gasteiger charge is -2.20. The fourth-order valence-electron chi connectivity index (χ4n) is 2.43. The molecule has 0 atom stereocenters. The molecule has 0 saturated carbocycles. The normalized spacial score (nSPS) is 17.9. The van der Waals surface area contributed by atoms with Crippen molar-refractivity contribution in [3.05, 3.63) is 29.3 Å². The van der Waals surface area contributed by atoms with Gasteiger partial charge in [-0.2, -0.15) is 0 Å². The average Bonchev–Trinajstić information content (AvgIpc) is 2.60. The van der Waals surface area contributed by atoms with Gasteiger partial charge in [-0.05, 0) is 25.9 Å². The maximum atomic E-state index is 10.0. The predicted octanol–water partition coefficient (Wildman–Crippen LogP) is 2.26. The first-order chi connectivity index (χ1) is 8.31. The SMILES string of the molecule is OCc1cccc(CN2CCCCCC2)c1O. The number of para-hydroxylation sites is 1. The van der Waals surface area contributed by atoms with Gasteiger partial charge in [-0.15, -0.1) is 0 Å². The van der Waals surface area contributed by atoms with E-state index in [-0.39, 0.29) is 12.4 Å². The molecule has 0 aromatic heterocycles. The molecule has 0 amide bonds. The number of aliphatic hydroxyl groups is 1. The van der Waals surface area contributed by atoms with Gasteiger partial charge in [-0.3, -0.25) is 4.90 Å². The Hall–Kier alpha value is -1.06. The van der Waals surface area contributed by atoms with Gasteiger partial charge in [0, 0.05) is 17.7 Å². The number of aromatic hydroxyl groups is 1. The van der Waals surface area contributed by atoms with Crippen LogP contribution in [0.15, 0.2) is 18.2 Å². The fraction of sp³-hybridized carbons (Fsp3) is 0.571. The Morgan fingerprint density at radius 2 is 1.65 bits per heavy atom. The van der Waals surface area contributed by atoms with Crippen LogP contribution in [-0.2, 0) is 13.2 Å². The van der Waals surface area contributed by atoms with E-state index < -0.39 is 0 Å². The lowest BCUT2D eigenvalue weighted by Crippen LogP contribution is -2.24. The maximum absolute atomic E-state index is 10.0. The fourth-order valence-corrected chi connectivity index (χ4v) is 2.43. The second-order valence-electron chi connectivity index (χ2n) is 4.77. The van der Waals surface area contributed by atoms with E-state index in [4.69, 9.17) is 5.11 Å². The zero-order valence-corrected chi connectivity index (χ0v) is 10.2. The summed E-state index contributed by atoms with van der Waals surface area (Å²) < 4.78 is 0. The van der Waals surface area contributed by atoms with E-state index in [9.17, 15) is 5.11 Å². The monoisotopic (exact) mass is 235 g/mol. The molecule has 17 heavy (non-hydrogen) atoms. The van der Waals surface area contributed by atoms with Crippen molar-refractivity contribution in [3.8, 4) is 5.75 Å². The quantitative estimate of drug-likeness (QED) is 0.844. The smallest absolute Gasteiger partial charge is 0.125 e. The molecule has 1 aliphatic rings. The van der Waals surface area contributed by atoms with Crippen molar-refractivity contribution in [2.45, 2.75) is 38.8 Å². The summed E-state index contributed by atoms with van der Waals surface area (Å²) >= 11 is 0. The van der Waals surface area contributed by atoms with E-state index >= 15 is 0 Å². The van der Waals surface area contributed by atoms with Crippen molar-refractivity contribution in [2.24, 2.45) is 0 Å². The first kappa shape index (κ1) is 12.4. The van der Waals surface area contributed by atoms with Crippen molar-refractivity contribution >= 4 is 0 Å². The molecular formula is C14H21NO2. The number of aliphatic hydroxyl groups excluding tert-OH is 1. The van der Waals surface area contributed by atoms with Crippen LogP contribution in [0.3, 0.4) is 0 Å². The van der Waals surface area contributed by atoms with Crippen LogP contribution >= 0.6 is 0 Å². The molecule has 1 fully saturated rings. The van der Waals surface area contributed by atoms with Gasteiger partial charge in [-0.1, -0.05) is 31.0 Å². The Kier molecular flexibility index (Phi) is 4.40. The summed E-state index contributed by atoms with van der Waals surface area (Å²) in [6, 6.07) is 5.61. The summed E-state index contributed by atoms with van der Waals surface area (Å²) in [5, 5.41) is 19.1. The van der Waals surface area contributed by atoms with Crippen molar-refractivity contribution in [3.63, 3.8) is 0 Å². The number of benzene rings is 1. The van der Waals surface area contributed by atoms with Crippen LogP contribution in [0.5, 0.6) is 5.75 Å². The minimum Gasteiger partial charge on any atom is -0.507 e. The predicted molar refractivity (Wildman–Crippen MR) is 67.8 cm³/mol. The van der Waals surface area contributed by atoms with E-state index in [0.29, 0.717) is 5.56 Å². The van der Waals surface area contributed by atoms with Crippen LogP contribution in [0, 0.1) is 0 Å². The summed E-state index contributed by atoms with van der Waals surface area (Å²) in [7, 11) is 0. The van der Waals surface area contributed by atoms with Gasteiger partial charge in [0.1, 0.15) is 5.75 Å². The van der Waals surface area contributed by atoms with E-state index in [1.807, 2.05) is 12.1 Å². The molecule has 1 saturated heterocycles. The molecule has 2 N–H and O–H groups in total. The number of hydrogen-bond acceptors (Lipinski definition) is 3. The van der Waals surface area contributed by atoms with Gasteiger partial charge >= 0.3 is 0 Å². The molecule has 2 rings (SSSR count). The summed E-state index contributed by atoms with van der Waals surface area (Å²) in [5.74, 6) is 0.263. The van der Waals surface area contributed by atoms with Gasteiger partial charge in [0.15, 0.2) is 0 Å². The summed E-state index contributed by atoms with van der Waals surface area (Å²) in [6.45, 7) is 2.92. The van der Waals surface area contributed by atoms with Gasteiger partial charge < -0.3 is 10.2 Å². The number of likely N-dealkylation sites (tertiary alicyclic amines) is 1. The number of nitrogens with zero attached hydrogens (tertiary/aromatic N) is 1. The van der Waals surface area contributed by atoms with E-state index in [1.54, 1.807) is 6.07 Å². The lowest BCUT2D eigenvalue weighted by atomic mass is 10.1. The molecule has 1 aliphatic heterocycles. The number of phenols is 1.